The zero-order valence-electron chi connectivity index (χ0n) is 46.0. The lowest BCUT2D eigenvalue weighted by molar-refractivity contribution is -0.626. The Morgan fingerprint density at radius 1 is 0.337 bits per heavy atom. The lowest BCUT2D eigenvalue weighted by Crippen LogP contribution is -3.12. The van der Waals surface area contributed by atoms with E-state index in [4.69, 9.17) is 56.8 Å². The number of carbonyl (C=O) groups is 2. The molecule has 20 N–H and O–H groups in total. The summed E-state index contributed by atoms with van der Waals surface area (Å²) in [6, 6.07) is 0. The second kappa shape index (κ2) is 24.7. The molecule has 6 saturated carbocycles. The summed E-state index contributed by atoms with van der Waals surface area (Å²) in [7, 11) is 0. The molecule has 22 heterocycles. The van der Waals surface area contributed by atoms with Gasteiger partial charge >= 0.3 is 5.97 Å². The first-order chi connectivity index (χ1) is 41.2. The maximum Gasteiger partial charge on any atom is 0.310 e. The van der Waals surface area contributed by atoms with E-state index < -0.39 is 234 Å². The Hall–Kier alpha value is -2.26. The zero-order valence-corrected chi connectivity index (χ0v) is 46.0. The normalized spacial score (nSPS) is 56.0. The molecule has 0 radical (unpaired) electrons. The van der Waals surface area contributed by atoms with Gasteiger partial charge in [-0.1, -0.05) is 12.8 Å². The van der Waals surface area contributed by atoms with Crippen LogP contribution in [-0.4, -0.2) is 341 Å². The maximum atomic E-state index is 13.4. The number of ether oxygens (including phenoxy) is 12. The van der Waals surface area contributed by atoms with Crippen molar-refractivity contribution in [1.82, 2.24) is 10.6 Å². The van der Waals surface area contributed by atoms with Gasteiger partial charge < -0.3 is 159 Å². The molecule has 22 saturated heterocycles. The molecule has 34 atom stereocenters. The van der Waals surface area contributed by atoms with Gasteiger partial charge in [-0.05, 0) is 54.9 Å². The molecular weight excluding hydrogens is 1160 g/mol. The summed E-state index contributed by atoms with van der Waals surface area (Å²) in [4.78, 5) is 25.5. The molecular formula is C52H80N2O32. The molecule has 0 spiro atoms. The lowest BCUT2D eigenvalue weighted by atomic mass is 8.92. The summed E-state index contributed by atoms with van der Waals surface area (Å²) >= 11 is 0. The highest BCUT2D eigenvalue weighted by molar-refractivity contribution is 5.99. The number of unbranched alkanes of at least 4 members (excludes halogenated alkanes) is 3. The lowest BCUT2D eigenvalue weighted by Gasteiger charge is -3.09. The van der Waals surface area contributed by atoms with Gasteiger partial charge in [-0.25, -0.2) is 0 Å². The summed E-state index contributed by atoms with van der Waals surface area (Å²) in [5, 5.41) is 206. The van der Waals surface area contributed by atoms with Gasteiger partial charge in [0.1, 0.15) is 146 Å². The van der Waals surface area contributed by atoms with E-state index in [2.05, 4.69) is 10.6 Å². The van der Waals surface area contributed by atoms with Gasteiger partial charge in [0, 0.05) is 13.1 Å². The minimum Gasteiger partial charge on any atom is -0.481 e. The third-order valence-electron chi connectivity index (χ3n) is 20.8. The number of aliphatic carboxylic acids is 1. The Morgan fingerprint density at radius 3 is 0.895 bits per heavy atom. The van der Waals surface area contributed by atoms with E-state index in [0.29, 0.717) is 56.5 Å². The molecule has 86 heavy (non-hydrogen) atoms. The van der Waals surface area contributed by atoms with E-state index in [1.165, 1.54) is 0 Å². The summed E-state index contributed by atoms with van der Waals surface area (Å²) in [5.41, 5.74) is -1.19. The van der Waals surface area contributed by atoms with Crippen LogP contribution in [0.15, 0.2) is 0 Å². The van der Waals surface area contributed by atoms with Crippen molar-refractivity contribution >= 4 is 11.9 Å². The van der Waals surface area contributed by atoms with Crippen molar-refractivity contribution in [1.29, 1.82) is 0 Å². The fourth-order valence-electron chi connectivity index (χ4n) is 16.7. The van der Waals surface area contributed by atoms with E-state index >= 15 is 0 Å². The summed E-state index contributed by atoms with van der Waals surface area (Å²) in [5.74, 6) is 0.394. The maximum absolute atomic E-state index is 13.4. The molecule has 28 rings (SSSR count). The Morgan fingerprint density at radius 2 is 0.605 bits per heavy atom. The number of hydrogen-bond acceptors (Lipinski definition) is 32. The van der Waals surface area contributed by atoms with Gasteiger partial charge in [0.05, 0.1) is 43.9 Å². The van der Waals surface area contributed by atoms with Crippen LogP contribution in [0, 0.1) is 46.3 Å². The fraction of sp³-hybridized carbons (Fsp3) is 0.962. The number of nitrogens with one attached hydrogen (secondary N) is 2. The first kappa shape index (κ1) is 63.9. The standard InChI is InChI=1S/C52H80N2O32/c55-8-14-36-25(62)31(68)45(77-14)84-38-16(10-57)79-47(33(70)27(38)64)86-40-18(12-59)80-48(34(71)28(40)65)85-39-17(11-58)78-46(32(69)26(39)63)83-37-15(9-56)76-44(30(67)24(37)61)81-35-13(75-43(82-36)29(66)23(35)60)7-53-5-3-1-2-4-6-54-49(72)51-21-19-22-20(21)42(51)52(22,41(19)51)50(73)74/h13-48,53,55-71H,1-12H2,(H,54,72)(H,73,74)/t13-,14-,15-,16-,17-,18-,19+,20+,21?,22?,23-,24-,25-,26-,27-,28-,29-,30-,31-,32-,33-,34-,35-,36-,37-,38-,39-,40-,41+,42+,43-,44-,45-,46-,47-,48-,51?,52?/m1/s1. The molecule has 34 nitrogen and oxygen atoms in total. The number of aliphatic hydroxyl groups is 17. The van der Waals surface area contributed by atoms with E-state index in [1.807, 2.05) is 0 Å². The van der Waals surface area contributed by atoms with Gasteiger partial charge in [-0.2, -0.15) is 0 Å². The monoisotopic (exact) mass is 1240 g/mol. The first-order valence-corrected chi connectivity index (χ1v) is 29.5. The largest absolute Gasteiger partial charge is 0.481 e. The molecule has 28 fully saturated rings. The van der Waals surface area contributed by atoms with Crippen molar-refractivity contribution in [3.8, 4) is 0 Å². The second-order valence-corrected chi connectivity index (χ2v) is 24.9. The van der Waals surface area contributed by atoms with Crippen LogP contribution >= 0.6 is 0 Å². The zero-order chi connectivity index (χ0) is 61.3. The van der Waals surface area contributed by atoms with E-state index in [1.54, 1.807) is 0 Å². The van der Waals surface area contributed by atoms with Crippen LogP contribution in [0.25, 0.3) is 0 Å². The summed E-state index contributed by atoms with van der Waals surface area (Å²) < 4.78 is 70.1. The number of aliphatic hydroxyl groups excluding tert-OH is 17. The second-order valence-electron chi connectivity index (χ2n) is 24.9. The average molecular weight is 1250 g/mol. The predicted octanol–water partition coefficient (Wildman–Crippen LogP) is -12.0. The average Bonchev–Trinajstić information content (AvgIpc) is 0.549. The minimum atomic E-state index is -2.16. The van der Waals surface area contributed by atoms with Crippen molar-refractivity contribution in [3.05, 3.63) is 0 Å². The van der Waals surface area contributed by atoms with Gasteiger partial charge in [0.25, 0.3) is 0 Å². The molecule has 1 amide bonds. The molecule has 22 aliphatic heterocycles. The van der Waals surface area contributed by atoms with E-state index in [-0.39, 0.29) is 30.2 Å². The molecule has 0 aromatic heterocycles. The highest BCUT2D eigenvalue weighted by Crippen LogP contribution is 3.10. The molecule has 28 aliphatic rings. The van der Waals surface area contributed by atoms with Crippen LogP contribution in [0.5, 0.6) is 0 Å². The topological polar surface area (TPSA) is 533 Å². The number of carboxylic acids is 1. The van der Waals surface area contributed by atoms with Crippen LogP contribution < -0.4 is 10.6 Å². The first-order valence-electron chi connectivity index (χ1n) is 29.5. The third kappa shape index (κ3) is 9.59. The summed E-state index contributed by atoms with van der Waals surface area (Å²) in [6.07, 6.45) is -55.6. The Kier molecular flexibility index (Phi) is 18.3. The van der Waals surface area contributed by atoms with Crippen LogP contribution in [0.4, 0.5) is 0 Å². The minimum absolute atomic E-state index is 0.0480. The number of rotatable bonds is 16. The van der Waals surface area contributed by atoms with Gasteiger partial charge in [-0.15, -0.1) is 0 Å². The van der Waals surface area contributed by atoms with Crippen molar-refractivity contribution in [2.24, 2.45) is 46.3 Å². The molecule has 490 valence electrons. The van der Waals surface area contributed by atoms with Gasteiger partial charge in [-0.3, -0.25) is 9.59 Å². The highest BCUT2D eigenvalue weighted by Gasteiger charge is 3.13. The third-order valence-corrected chi connectivity index (χ3v) is 20.8. The quantitative estimate of drug-likeness (QED) is 0.0638. The Bertz CT molecular complexity index is 2360. The summed E-state index contributed by atoms with van der Waals surface area (Å²) in [6.45, 7) is -4.50. The molecule has 0 aromatic carbocycles. The van der Waals surface area contributed by atoms with Crippen LogP contribution in [0.2, 0.25) is 0 Å². The van der Waals surface area contributed by atoms with Crippen molar-refractivity contribution in [3.63, 3.8) is 0 Å². The van der Waals surface area contributed by atoms with Crippen LogP contribution in [0.3, 0.4) is 0 Å². The van der Waals surface area contributed by atoms with Crippen LogP contribution in [0.1, 0.15) is 25.7 Å². The number of hydrogen-bond donors (Lipinski definition) is 20. The Labute approximate surface area is 488 Å². The van der Waals surface area contributed by atoms with Crippen molar-refractivity contribution in [2.45, 2.75) is 210 Å². The molecule has 0 aromatic rings. The number of carboxylic acid groups (broad SMARTS) is 1. The van der Waals surface area contributed by atoms with Gasteiger partial charge in [0.15, 0.2) is 37.7 Å². The molecule has 6 aliphatic carbocycles. The smallest absolute Gasteiger partial charge is 0.310 e. The van der Waals surface area contributed by atoms with Crippen molar-refractivity contribution in [2.75, 3.05) is 52.7 Å². The van der Waals surface area contributed by atoms with Crippen molar-refractivity contribution < 1.29 is 158 Å². The molecule has 34 heteroatoms. The van der Waals surface area contributed by atoms with Gasteiger partial charge in [0.2, 0.25) is 5.91 Å². The number of amides is 1. The van der Waals surface area contributed by atoms with E-state index in [9.17, 15) is 102 Å². The molecule has 12 bridgehead atoms. The Balaban J connectivity index is 0.746. The highest BCUT2D eigenvalue weighted by atomic mass is 16.8. The molecule has 0 unspecified atom stereocenters. The van der Waals surface area contributed by atoms with E-state index in [0.717, 1.165) is 0 Å². The predicted molar refractivity (Wildman–Crippen MR) is 267 cm³/mol. The van der Waals surface area contributed by atoms with Crippen LogP contribution in [-0.2, 0) is 66.4 Å². The number of carbonyl (C=O) groups excluding carboxylic acids is 1. The SMILES string of the molecule is O=C(O)C12C3[C@@H]4C5[C@@H]3[C@H]1C5(C(=O)NCCCCCCNC[C@H]1O[C@@H]3O[C@H]5[C@H](O)[C@@H](O)[C@@H](O[C@H]6[C@H](O)[C@@H](O)[C@@H](O[C@H]7[C@H](O)[C@@H](O)[C@@H](O[C@H]8[C@H](O)[C@@H](O)[C@@H](O[C@H]9[C@H](O)[C@@H](O)[C@@H](O[C@H]1[C@H](O)[C@H]3O)O[C@@H]9CO)O[C@@H]8CO)O[C@@H]7CO)O[C@@H]6CO)O[C@@H]5CO)[C@H]42. The fourth-order valence-corrected chi connectivity index (χ4v) is 16.7.